The summed E-state index contributed by atoms with van der Waals surface area (Å²) in [5.41, 5.74) is 8.07. The first-order chi connectivity index (χ1) is 10.0. The number of benzene rings is 1. The van der Waals surface area contributed by atoms with Crippen LogP contribution in [-0.4, -0.2) is 29.4 Å². The Kier molecular flexibility index (Phi) is 5.03. The maximum absolute atomic E-state index is 12.9. The van der Waals surface area contributed by atoms with E-state index in [-0.39, 0.29) is 5.91 Å². The summed E-state index contributed by atoms with van der Waals surface area (Å²) < 4.78 is 0. The highest BCUT2D eigenvalue weighted by molar-refractivity contribution is 5.95. The van der Waals surface area contributed by atoms with E-state index in [9.17, 15) is 4.79 Å². The number of aryl methyl sites for hydroxylation is 1. The van der Waals surface area contributed by atoms with Gasteiger partial charge in [-0.05, 0) is 63.8 Å². The van der Waals surface area contributed by atoms with Crippen LogP contribution in [0.1, 0.15) is 54.6 Å². The van der Waals surface area contributed by atoms with Crippen molar-refractivity contribution < 1.29 is 4.79 Å². The van der Waals surface area contributed by atoms with Gasteiger partial charge in [-0.1, -0.05) is 11.8 Å². The summed E-state index contributed by atoms with van der Waals surface area (Å²) >= 11 is 0. The van der Waals surface area contributed by atoms with Crippen LogP contribution in [0.4, 0.5) is 0 Å². The largest absolute Gasteiger partial charge is 0.333 e. The van der Waals surface area contributed by atoms with Gasteiger partial charge in [0.25, 0.3) is 5.91 Å². The van der Waals surface area contributed by atoms with Crippen molar-refractivity contribution in [1.29, 1.82) is 0 Å². The highest BCUT2D eigenvalue weighted by Gasteiger charge is 2.29. The van der Waals surface area contributed by atoms with Gasteiger partial charge >= 0.3 is 0 Å². The average molecular weight is 284 g/mol. The van der Waals surface area contributed by atoms with E-state index in [0.29, 0.717) is 18.6 Å². The number of nitrogens with two attached hydrogens (primary N) is 1. The standard InChI is InChI=1S/C18H24N2O/c1-13-10-16(8-5-9-19)12-17(11-13)18(21)20-14(2)6-4-7-15(20)3/h10-12,14-15H,4,6-7,9,19H2,1-3H3/t14-,15+. The Morgan fingerprint density at radius 1 is 1.29 bits per heavy atom. The zero-order valence-electron chi connectivity index (χ0n) is 13.1. The minimum Gasteiger partial charge on any atom is -0.333 e. The molecule has 1 heterocycles. The number of amides is 1. The summed E-state index contributed by atoms with van der Waals surface area (Å²) in [6.07, 6.45) is 3.37. The second kappa shape index (κ2) is 6.78. The normalized spacial score (nSPS) is 21.6. The van der Waals surface area contributed by atoms with Crippen molar-refractivity contribution in [3.05, 3.63) is 34.9 Å². The molecule has 1 fully saturated rings. The second-order valence-corrected chi connectivity index (χ2v) is 5.93. The fourth-order valence-corrected chi connectivity index (χ4v) is 3.10. The molecular weight excluding hydrogens is 260 g/mol. The van der Waals surface area contributed by atoms with Gasteiger partial charge in [0.2, 0.25) is 0 Å². The summed E-state index contributed by atoms with van der Waals surface area (Å²) in [4.78, 5) is 14.9. The molecule has 3 nitrogen and oxygen atoms in total. The van der Waals surface area contributed by atoms with Crippen LogP contribution in [-0.2, 0) is 0 Å². The van der Waals surface area contributed by atoms with E-state index in [4.69, 9.17) is 5.73 Å². The number of hydrogen-bond acceptors (Lipinski definition) is 2. The number of piperidine rings is 1. The van der Waals surface area contributed by atoms with Gasteiger partial charge in [-0.3, -0.25) is 4.79 Å². The van der Waals surface area contributed by atoms with Crippen molar-refractivity contribution in [2.75, 3.05) is 6.54 Å². The lowest BCUT2D eigenvalue weighted by molar-refractivity contribution is 0.0510. The Morgan fingerprint density at radius 3 is 2.57 bits per heavy atom. The molecule has 1 amide bonds. The summed E-state index contributed by atoms with van der Waals surface area (Å²) in [5.74, 6) is 5.99. The van der Waals surface area contributed by atoms with Gasteiger partial charge < -0.3 is 10.6 Å². The molecule has 1 aromatic rings. The monoisotopic (exact) mass is 284 g/mol. The third-order valence-corrected chi connectivity index (χ3v) is 4.09. The molecule has 0 spiro atoms. The molecule has 112 valence electrons. The van der Waals surface area contributed by atoms with E-state index >= 15 is 0 Å². The summed E-state index contributed by atoms with van der Waals surface area (Å²) in [6, 6.07) is 6.43. The number of carbonyl (C=O) groups excluding carboxylic acids is 1. The third-order valence-electron chi connectivity index (χ3n) is 4.09. The van der Waals surface area contributed by atoms with Gasteiger partial charge in [-0.2, -0.15) is 0 Å². The zero-order chi connectivity index (χ0) is 15.4. The van der Waals surface area contributed by atoms with Crippen molar-refractivity contribution in [2.24, 2.45) is 5.73 Å². The van der Waals surface area contributed by atoms with Gasteiger partial charge in [0.15, 0.2) is 0 Å². The van der Waals surface area contributed by atoms with E-state index in [1.165, 1.54) is 6.42 Å². The number of carbonyl (C=O) groups is 1. The Bertz CT molecular complexity index is 573. The Morgan fingerprint density at radius 2 is 1.95 bits per heavy atom. The van der Waals surface area contributed by atoms with Crippen molar-refractivity contribution in [3.63, 3.8) is 0 Å². The van der Waals surface area contributed by atoms with Gasteiger partial charge in [0.1, 0.15) is 0 Å². The van der Waals surface area contributed by atoms with E-state index in [0.717, 1.165) is 29.5 Å². The van der Waals surface area contributed by atoms with Crippen molar-refractivity contribution in [1.82, 2.24) is 4.90 Å². The van der Waals surface area contributed by atoms with Crippen molar-refractivity contribution in [3.8, 4) is 11.8 Å². The molecule has 1 aromatic carbocycles. The quantitative estimate of drug-likeness (QED) is 0.806. The van der Waals surface area contributed by atoms with E-state index in [1.807, 2.05) is 30.0 Å². The molecular formula is C18H24N2O. The molecule has 0 bridgehead atoms. The van der Waals surface area contributed by atoms with E-state index in [2.05, 4.69) is 25.7 Å². The highest BCUT2D eigenvalue weighted by Crippen LogP contribution is 2.25. The Balaban J connectivity index is 2.32. The average Bonchev–Trinajstić information content (AvgIpc) is 2.44. The minimum absolute atomic E-state index is 0.120. The molecule has 0 saturated carbocycles. The zero-order valence-corrected chi connectivity index (χ0v) is 13.1. The Hall–Kier alpha value is -1.79. The lowest BCUT2D eigenvalue weighted by Gasteiger charge is -2.39. The van der Waals surface area contributed by atoms with Crippen LogP contribution in [0, 0.1) is 18.8 Å². The number of hydrogen-bond donors (Lipinski definition) is 1. The van der Waals surface area contributed by atoms with Crippen LogP contribution >= 0.6 is 0 Å². The lowest BCUT2D eigenvalue weighted by atomic mass is 9.95. The maximum Gasteiger partial charge on any atom is 0.254 e. The van der Waals surface area contributed by atoms with E-state index < -0.39 is 0 Å². The molecule has 2 atom stereocenters. The number of nitrogens with zero attached hydrogens (tertiary/aromatic N) is 1. The lowest BCUT2D eigenvalue weighted by Crippen LogP contribution is -2.47. The molecule has 3 heteroatoms. The molecule has 0 aliphatic carbocycles. The Labute approximate surface area is 127 Å². The fourth-order valence-electron chi connectivity index (χ4n) is 3.10. The molecule has 2 rings (SSSR count). The van der Waals surface area contributed by atoms with Gasteiger partial charge in [-0.25, -0.2) is 0 Å². The predicted octanol–water partition coefficient (Wildman–Crippen LogP) is 2.71. The summed E-state index contributed by atoms with van der Waals surface area (Å²) in [7, 11) is 0. The smallest absolute Gasteiger partial charge is 0.254 e. The highest BCUT2D eigenvalue weighted by atomic mass is 16.2. The molecule has 0 aromatic heterocycles. The van der Waals surface area contributed by atoms with Gasteiger partial charge in [0.05, 0.1) is 6.54 Å². The fraction of sp³-hybridized carbons (Fsp3) is 0.500. The number of rotatable bonds is 1. The topological polar surface area (TPSA) is 46.3 Å². The predicted molar refractivity (Wildman–Crippen MR) is 86.1 cm³/mol. The first-order valence-corrected chi connectivity index (χ1v) is 7.66. The first-order valence-electron chi connectivity index (χ1n) is 7.66. The minimum atomic E-state index is 0.120. The van der Waals surface area contributed by atoms with Crippen LogP contribution in [0.3, 0.4) is 0 Å². The molecule has 1 aliphatic rings. The second-order valence-electron chi connectivity index (χ2n) is 5.93. The third kappa shape index (κ3) is 3.65. The summed E-state index contributed by atoms with van der Waals surface area (Å²) in [6.45, 7) is 6.60. The van der Waals surface area contributed by atoms with Crippen LogP contribution in [0.15, 0.2) is 18.2 Å². The molecule has 0 radical (unpaired) electrons. The summed E-state index contributed by atoms with van der Waals surface area (Å²) in [5, 5.41) is 0. The number of likely N-dealkylation sites (tertiary alicyclic amines) is 1. The van der Waals surface area contributed by atoms with Crippen LogP contribution in [0.25, 0.3) is 0 Å². The molecule has 0 unspecified atom stereocenters. The maximum atomic E-state index is 12.9. The molecule has 1 aliphatic heterocycles. The van der Waals surface area contributed by atoms with Crippen molar-refractivity contribution >= 4 is 5.91 Å². The van der Waals surface area contributed by atoms with Crippen LogP contribution < -0.4 is 5.73 Å². The molecule has 21 heavy (non-hydrogen) atoms. The first kappa shape index (κ1) is 15.6. The van der Waals surface area contributed by atoms with Gasteiger partial charge in [-0.15, -0.1) is 0 Å². The SMILES string of the molecule is Cc1cc(C#CCN)cc(C(=O)N2[C@H](C)CCC[C@@H]2C)c1. The van der Waals surface area contributed by atoms with Crippen LogP contribution in [0.5, 0.6) is 0 Å². The van der Waals surface area contributed by atoms with Gasteiger partial charge in [0, 0.05) is 23.2 Å². The molecule has 1 saturated heterocycles. The van der Waals surface area contributed by atoms with E-state index in [1.54, 1.807) is 0 Å². The van der Waals surface area contributed by atoms with Crippen molar-refractivity contribution in [2.45, 2.75) is 52.1 Å². The molecule has 2 N–H and O–H groups in total. The van der Waals surface area contributed by atoms with Crippen LogP contribution in [0.2, 0.25) is 0 Å².